The van der Waals surface area contributed by atoms with Crippen molar-refractivity contribution in [1.82, 2.24) is 0 Å². The van der Waals surface area contributed by atoms with E-state index in [9.17, 15) is 0 Å². The zero-order valence-electron chi connectivity index (χ0n) is 4.67. The second kappa shape index (κ2) is 3.72. The Labute approximate surface area is 61.4 Å². The van der Waals surface area contributed by atoms with Gasteiger partial charge in [0.25, 0.3) is 0 Å². The van der Waals surface area contributed by atoms with Crippen LogP contribution in [0.5, 0.6) is 0 Å². The van der Waals surface area contributed by atoms with Crippen LogP contribution in [0.15, 0.2) is 0 Å². The van der Waals surface area contributed by atoms with E-state index < -0.39 is 13.9 Å². The van der Waals surface area contributed by atoms with Gasteiger partial charge in [-0.2, -0.15) is 0 Å². The van der Waals surface area contributed by atoms with Gasteiger partial charge in [0, 0.05) is 0 Å². The molecular weight excluding hydrogens is 327 g/mol. The summed E-state index contributed by atoms with van der Waals surface area (Å²) in [5.41, 5.74) is 0. The van der Waals surface area contributed by atoms with Gasteiger partial charge in [0.15, 0.2) is 0 Å². The van der Waals surface area contributed by atoms with Gasteiger partial charge in [0.2, 0.25) is 0 Å². The summed E-state index contributed by atoms with van der Waals surface area (Å²) in [6.07, 6.45) is 0. The molecule has 0 aromatic rings. The Balaban J connectivity index is 3.36. The van der Waals surface area contributed by atoms with Gasteiger partial charge in [0.1, 0.15) is 0 Å². The summed E-state index contributed by atoms with van der Waals surface area (Å²) >= 11 is 5.75. The normalized spacial score (nSPS) is 12.0. The maximum atomic E-state index is 3.71. The van der Waals surface area contributed by atoms with Crippen LogP contribution in [0, 0.1) is 0 Å². The van der Waals surface area contributed by atoms with Gasteiger partial charge < -0.3 is 0 Å². The fraction of sp³-hybridized carbons (Fsp3) is 1.00. The first kappa shape index (κ1) is 8.76. The van der Waals surface area contributed by atoms with Crippen molar-refractivity contribution in [2.45, 2.75) is 22.7 Å². The first-order valence-corrected chi connectivity index (χ1v) is 19.3. The fourth-order valence-electron chi connectivity index (χ4n) is 0.250. The van der Waals surface area contributed by atoms with Gasteiger partial charge in [-0.05, 0) is 0 Å². The molecule has 0 atom stereocenters. The van der Waals surface area contributed by atoms with Crippen LogP contribution in [0.1, 0.15) is 13.8 Å². The summed E-state index contributed by atoms with van der Waals surface area (Å²) in [6.45, 7) is 4.48. The van der Waals surface area contributed by atoms with Crippen molar-refractivity contribution in [2.24, 2.45) is 0 Å². The molecule has 0 spiro atoms. The molecule has 0 N–H and O–H groups in total. The Morgan fingerprint density at radius 1 is 1.14 bits per heavy atom. The molecule has 0 rings (SSSR count). The summed E-state index contributed by atoms with van der Waals surface area (Å²) in [5.74, 6) is 0. The fourth-order valence-corrected chi connectivity index (χ4v) is 1.68. The van der Waals surface area contributed by atoms with E-state index in [1.165, 1.54) is 8.87 Å². The number of hydrogen-bond acceptors (Lipinski definition) is 0. The molecule has 0 saturated carbocycles. The maximum absolute atomic E-state index is 3.71. The van der Waals surface area contributed by atoms with Crippen LogP contribution >= 0.6 is 25.4 Å². The predicted octanol–water partition coefficient (Wildman–Crippen LogP) is 3.26. The van der Waals surface area contributed by atoms with E-state index in [-0.39, 0.29) is 0 Å². The zero-order valence-corrected chi connectivity index (χ0v) is 10.7. The van der Waals surface area contributed by atoms with Crippen molar-refractivity contribution in [3.63, 3.8) is 0 Å². The molecule has 44 valence electrons. The molecule has 0 aliphatic rings. The summed E-state index contributed by atoms with van der Waals surface area (Å²) in [6, 6.07) is 0. The molecule has 7 heavy (non-hydrogen) atoms. The standard InChI is InChI=1S/2C2H5.2BrH.Sn/c2*1-2;;;/h2*1H2,2H3;2*1H;/q;;;;+2/p-2. The monoisotopic (exact) mass is 336 g/mol. The Hall–Kier alpha value is 1.76. The van der Waals surface area contributed by atoms with Crippen LogP contribution in [0.3, 0.4) is 0 Å². The molecule has 0 aromatic carbocycles. The second-order valence-corrected chi connectivity index (χ2v) is 38.0. The van der Waals surface area contributed by atoms with Crippen molar-refractivity contribution in [2.75, 3.05) is 0 Å². The molecular formula is C4H10Br2Sn. The van der Waals surface area contributed by atoms with Crippen LogP contribution in [0.2, 0.25) is 8.87 Å². The van der Waals surface area contributed by atoms with E-state index in [2.05, 4.69) is 39.3 Å². The molecule has 0 saturated heterocycles. The third-order valence-corrected chi connectivity index (χ3v) is 22.0. The third kappa shape index (κ3) is 4.27. The van der Waals surface area contributed by atoms with Crippen LogP contribution < -0.4 is 0 Å². The van der Waals surface area contributed by atoms with E-state index in [4.69, 9.17) is 0 Å². The zero-order chi connectivity index (χ0) is 5.91. The second-order valence-electron chi connectivity index (χ2n) is 1.56. The van der Waals surface area contributed by atoms with Crippen molar-refractivity contribution >= 4 is 39.3 Å². The molecule has 0 aromatic heterocycles. The number of rotatable bonds is 2. The molecule has 0 radical (unpaired) electrons. The van der Waals surface area contributed by atoms with Gasteiger partial charge >= 0.3 is 62.1 Å². The predicted molar refractivity (Wildman–Crippen MR) is 44.6 cm³/mol. The molecule has 0 fully saturated rings. The Kier molecular flexibility index (Phi) is 4.66. The van der Waals surface area contributed by atoms with E-state index in [1.54, 1.807) is 0 Å². The Morgan fingerprint density at radius 2 is 1.43 bits per heavy atom. The average Bonchev–Trinajstić information content (AvgIpc) is 1.68. The molecule has 0 aliphatic carbocycles. The van der Waals surface area contributed by atoms with E-state index in [1.807, 2.05) is 0 Å². The van der Waals surface area contributed by atoms with Gasteiger partial charge in [-0.1, -0.05) is 0 Å². The summed E-state index contributed by atoms with van der Waals surface area (Å²) in [5, 5.41) is 0. The molecule has 0 amide bonds. The van der Waals surface area contributed by atoms with E-state index >= 15 is 0 Å². The van der Waals surface area contributed by atoms with Crippen molar-refractivity contribution < 1.29 is 0 Å². The van der Waals surface area contributed by atoms with Gasteiger partial charge in [-0.25, -0.2) is 0 Å². The number of halogens is 2. The van der Waals surface area contributed by atoms with Crippen molar-refractivity contribution in [3.8, 4) is 0 Å². The van der Waals surface area contributed by atoms with E-state index in [0.29, 0.717) is 0 Å². The first-order valence-electron chi connectivity index (χ1n) is 2.50. The topological polar surface area (TPSA) is 0 Å². The van der Waals surface area contributed by atoms with Crippen LogP contribution in [-0.4, -0.2) is 13.9 Å². The average molecular weight is 337 g/mol. The van der Waals surface area contributed by atoms with E-state index in [0.717, 1.165) is 0 Å². The van der Waals surface area contributed by atoms with Crippen LogP contribution in [-0.2, 0) is 0 Å². The summed E-state index contributed by atoms with van der Waals surface area (Å²) in [4.78, 5) is 0. The quantitative estimate of drug-likeness (QED) is 0.679. The molecule has 0 aliphatic heterocycles. The first-order chi connectivity index (χ1) is 3.12. The van der Waals surface area contributed by atoms with Crippen LogP contribution in [0.25, 0.3) is 0 Å². The third-order valence-electron chi connectivity index (χ3n) is 1.03. The van der Waals surface area contributed by atoms with Gasteiger partial charge in [0.05, 0.1) is 0 Å². The van der Waals surface area contributed by atoms with Crippen molar-refractivity contribution in [1.29, 1.82) is 0 Å². The Morgan fingerprint density at radius 3 is 1.43 bits per heavy atom. The minimum absolute atomic E-state index is 1.34. The number of hydrogen-bond donors (Lipinski definition) is 0. The van der Waals surface area contributed by atoms with Gasteiger partial charge in [-0.15, -0.1) is 0 Å². The molecule has 0 nitrogen and oxygen atoms in total. The van der Waals surface area contributed by atoms with Crippen molar-refractivity contribution in [3.05, 3.63) is 0 Å². The molecule has 0 unspecified atom stereocenters. The Bertz CT molecular complexity index is 47.7. The summed E-state index contributed by atoms with van der Waals surface area (Å²) < 4.78 is 2.68. The molecule has 0 heterocycles. The van der Waals surface area contributed by atoms with Gasteiger partial charge in [-0.3, -0.25) is 0 Å². The van der Waals surface area contributed by atoms with Crippen LogP contribution in [0.4, 0.5) is 0 Å². The SMILES string of the molecule is C[CH2][Sn]([Br])([Br])[CH2]C. The molecule has 0 bridgehead atoms. The minimum atomic E-state index is -1.66. The molecule has 3 heteroatoms. The summed E-state index contributed by atoms with van der Waals surface area (Å²) in [7, 11) is 0.